The molecule has 1 saturated heterocycles. The van der Waals surface area contributed by atoms with E-state index >= 15 is 0 Å². The summed E-state index contributed by atoms with van der Waals surface area (Å²) in [4.78, 5) is 16.9. The van der Waals surface area contributed by atoms with E-state index in [-0.39, 0.29) is 5.54 Å². The lowest BCUT2D eigenvalue weighted by molar-refractivity contribution is -0.0709. The maximum atomic E-state index is 11.7. The first-order valence-corrected chi connectivity index (χ1v) is 7.47. The number of rotatable bonds is 2. The monoisotopic (exact) mass is 280 g/mol. The van der Waals surface area contributed by atoms with Crippen LogP contribution in [0.25, 0.3) is 0 Å². The predicted octanol–water partition coefficient (Wildman–Crippen LogP) is 2.00. The van der Waals surface area contributed by atoms with Crippen molar-refractivity contribution in [3.8, 4) is 0 Å². The molecule has 0 radical (unpaired) electrons. The first kappa shape index (κ1) is 13.9. The molecule has 1 aliphatic heterocycles. The SMILES string of the molecule is CC(C)(C)OC(=O)ONC12C=CC(CC1)C1CNCC12. The van der Waals surface area contributed by atoms with Crippen LogP contribution < -0.4 is 10.8 Å². The van der Waals surface area contributed by atoms with Gasteiger partial charge in [-0.2, -0.15) is 0 Å². The van der Waals surface area contributed by atoms with Crippen LogP contribution in [0.4, 0.5) is 4.79 Å². The summed E-state index contributed by atoms with van der Waals surface area (Å²) < 4.78 is 5.18. The Morgan fingerprint density at radius 3 is 2.85 bits per heavy atom. The quantitative estimate of drug-likeness (QED) is 0.460. The van der Waals surface area contributed by atoms with Gasteiger partial charge in [-0.1, -0.05) is 12.2 Å². The van der Waals surface area contributed by atoms with E-state index < -0.39 is 11.8 Å². The van der Waals surface area contributed by atoms with Gasteiger partial charge in [0.1, 0.15) is 5.60 Å². The van der Waals surface area contributed by atoms with Crippen molar-refractivity contribution in [1.29, 1.82) is 0 Å². The van der Waals surface area contributed by atoms with Gasteiger partial charge in [-0.3, -0.25) is 0 Å². The standard InChI is InChI=1S/C15H24N2O3/c1-14(2,3)19-13(18)20-17-15-6-4-10(5-7-15)11-8-16-9-12(11)15/h4,6,10-12,16-17H,5,7-9H2,1-3H3. The Morgan fingerprint density at radius 1 is 1.40 bits per heavy atom. The average molecular weight is 280 g/mol. The van der Waals surface area contributed by atoms with Crippen LogP contribution in [0, 0.1) is 17.8 Å². The zero-order chi connectivity index (χ0) is 14.4. The first-order chi connectivity index (χ1) is 9.40. The van der Waals surface area contributed by atoms with Gasteiger partial charge < -0.3 is 14.9 Å². The van der Waals surface area contributed by atoms with E-state index in [1.54, 1.807) is 0 Å². The highest BCUT2D eigenvalue weighted by molar-refractivity contribution is 5.60. The summed E-state index contributed by atoms with van der Waals surface area (Å²) in [6, 6.07) is 0. The largest absolute Gasteiger partial charge is 0.528 e. The third-order valence-electron chi connectivity index (χ3n) is 4.72. The first-order valence-electron chi connectivity index (χ1n) is 7.47. The minimum absolute atomic E-state index is 0.222. The molecule has 0 spiro atoms. The summed E-state index contributed by atoms with van der Waals surface area (Å²) >= 11 is 0. The van der Waals surface area contributed by atoms with E-state index in [2.05, 4.69) is 22.9 Å². The molecule has 2 bridgehead atoms. The van der Waals surface area contributed by atoms with Gasteiger partial charge in [-0.05, 0) is 52.0 Å². The van der Waals surface area contributed by atoms with Crippen LogP contribution >= 0.6 is 0 Å². The van der Waals surface area contributed by atoms with Crippen LogP contribution in [0.2, 0.25) is 0 Å². The van der Waals surface area contributed by atoms with E-state index in [0.29, 0.717) is 17.8 Å². The lowest BCUT2D eigenvalue weighted by atomic mass is 9.60. The molecule has 5 heteroatoms. The van der Waals surface area contributed by atoms with Crippen molar-refractivity contribution in [1.82, 2.24) is 10.8 Å². The molecule has 0 amide bonds. The van der Waals surface area contributed by atoms with Gasteiger partial charge in [-0.25, -0.2) is 4.79 Å². The minimum atomic E-state index is -0.657. The Kier molecular flexibility index (Phi) is 3.29. The summed E-state index contributed by atoms with van der Waals surface area (Å²) in [7, 11) is 0. The number of hydroxylamine groups is 1. The molecule has 3 aliphatic carbocycles. The van der Waals surface area contributed by atoms with Gasteiger partial charge in [0.25, 0.3) is 0 Å². The lowest BCUT2D eigenvalue weighted by Gasteiger charge is -2.49. The highest BCUT2D eigenvalue weighted by Gasteiger charge is 2.53. The Hall–Kier alpha value is -1.07. The molecule has 1 saturated carbocycles. The van der Waals surface area contributed by atoms with E-state index in [9.17, 15) is 4.79 Å². The number of allylic oxidation sites excluding steroid dienone is 1. The van der Waals surface area contributed by atoms with Gasteiger partial charge in [-0.15, -0.1) is 5.48 Å². The minimum Gasteiger partial charge on any atom is -0.427 e. The zero-order valence-electron chi connectivity index (χ0n) is 12.4. The molecule has 2 fully saturated rings. The Balaban J connectivity index is 1.65. The normalized spacial score (nSPS) is 38.6. The van der Waals surface area contributed by atoms with Crippen molar-refractivity contribution in [3.63, 3.8) is 0 Å². The maximum absolute atomic E-state index is 11.7. The third-order valence-corrected chi connectivity index (χ3v) is 4.72. The zero-order valence-corrected chi connectivity index (χ0v) is 12.4. The molecule has 4 atom stereocenters. The summed E-state index contributed by atoms with van der Waals surface area (Å²) in [5, 5.41) is 3.46. The lowest BCUT2D eigenvalue weighted by Crippen LogP contribution is -2.59. The second-order valence-corrected chi connectivity index (χ2v) is 7.20. The second kappa shape index (κ2) is 4.74. The fourth-order valence-corrected chi connectivity index (χ4v) is 3.83. The van der Waals surface area contributed by atoms with Gasteiger partial charge in [0.15, 0.2) is 0 Å². The van der Waals surface area contributed by atoms with Crippen molar-refractivity contribution in [2.45, 2.75) is 44.8 Å². The second-order valence-electron chi connectivity index (χ2n) is 7.20. The summed E-state index contributed by atoms with van der Waals surface area (Å²) in [6.07, 6.45) is 5.99. The van der Waals surface area contributed by atoms with Gasteiger partial charge >= 0.3 is 6.16 Å². The molecule has 20 heavy (non-hydrogen) atoms. The molecule has 0 aromatic carbocycles. The van der Waals surface area contributed by atoms with Crippen molar-refractivity contribution in [2.75, 3.05) is 13.1 Å². The average Bonchev–Trinajstić information content (AvgIpc) is 2.87. The van der Waals surface area contributed by atoms with Crippen LogP contribution in [-0.2, 0) is 9.57 Å². The molecule has 4 rings (SSSR count). The van der Waals surface area contributed by atoms with Crippen LogP contribution in [0.15, 0.2) is 12.2 Å². The predicted molar refractivity (Wildman–Crippen MR) is 74.9 cm³/mol. The maximum Gasteiger partial charge on any atom is 0.528 e. The number of hydrogen-bond acceptors (Lipinski definition) is 5. The third kappa shape index (κ3) is 2.44. The van der Waals surface area contributed by atoms with Crippen molar-refractivity contribution >= 4 is 6.16 Å². The number of ether oxygens (including phenoxy) is 1. The van der Waals surface area contributed by atoms with E-state index in [4.69, 9.17) is 9.57 Å². The molecule has 5 nitrogen and oxygen atoms in total. The van der Waals surface area contributed by atoms with Gasteiger partial charge in [0.2, 0.25) is 0 Å². The van der Waals surface area contributed by atoms with Gasteiger partial charge in [0, 0.05) is 12.5 Å². The molecule has 4 unspecified atom stereocenters. The number of fused-ring (bicyclic) bond motifs is 1. The van der Waals surface area contributed by atoms with Crippen LogP contribution in [0.3, 0.4) is 0 Å². The molecule has 4 aliphatic rings. The Labute approximate surface area is 120 Å². The summed E-state index contributed by atoms with van der Waals surface area (Å²) in [6.45, 7) is 7.53. The Morgan fingerprint density at radius 2 is 2.20 bits per heavy atom. The summed E-state index contributed by atoms with van der Waals surface area (Å²) in [5.41, 5.74) is 2.26. The smallest absolute Gasteiger partial charge is 0.427 e. The summed E-state index contributed by atoms with van der Waals surface area (Å²) in [5.74, 6) is 1.83. The van der Waals surface area contributed by atoms with Crippen LogP contribution in [-0.4, -0.2) is 30.4 Å². The molecule has 112 valence electrons. The van der Waals surface area contributed by atoms with Crippen LogP contribution in [0.5, 0.6) is 0 Å². The van der Waals surface area contributed by atoms with Crippen molar-refractivity contribution in [2.24, 2.45) is 17.8 Å². The topological polar surface area (TPSA) is 59.6 Å². The van der Waals surface area contributed by atoms with E-state index in [0.717, 1.165) is 25.9 Å². The fourth-order valence-electron chi connectivity index (χ4n) is 3.83. The molecular weight excluding hydrogens is 256 g/mol. The fraction of sp³-hybridized carbons (Fsp3) is 0.800. The van der Waals surface area contributed by atoms with E-state index in [1.807, 2.05) is 20.8 Å². The molecule has 2 N–H and O–H groups in total. The number of carbonyl (C=O) groups excluding carboxylic acids is 1. The van der Waals surface area contributed by atoms with Crippen LogP contribution in [0.1, 0.15) is 33.6 Å². The van der Waals surface area contributed by atoms with Gasteiger partial charge in [0.05, 0.1) is 5.54 Å². The van der Waals surface area contributed by atoms with Crippen molar-refractivity contribution in [3.05, 3.63) is 12.2 Å². The molecule has 0 aromatic rings. The number of carbonyl (C=O) groups is 1. The van der Waals surface area contributed by atoms with E-state index in [1.165, 1.54) is 0 Å². The molecular formula is C15H24N2O3. The molecule has 1 heterocycles. The Bertz CT molecular complexity index is 429. The highest BCUT2D eigenvalue weighted by atomic mass is 16.8. The number of hydrogen-bond donors (Lipinski definition) is 2. The highest BCUT2D eigenvalue weighted by Crippen LogP contribution is 2.48. The number of nitrogens with one attached hydrogen (secondary N) is 2. The molecule has 0 aromatic heterocycles. The van der Waals surface area contributed by atoms with Crippen molar-refractivity contribution < 1.29 is 14.4 Å².